The van der Waals surface area contributed by atoms with Crippen LogP contribution in [0.3, 0.4) is 0 Å². The first-order valence-corrected chi connectivity index (χ1v) is 12.3. The molecular weight excluding hydrogens is 424 g/mol. The highest BCUT2D eigenvalue weighted by Crippen LogP contribution is 2.34. The van der Waals surface area contributed by atoms with Crippen LogP contribution in [0.5, 0.6) is 0 Å². The molecule has 0 bridgehead atoms. The Bertz CT molecular complexity index is 1360. The molecule has 3 aromatic carbocycles. The highest BCUT2D eigenvalue weighted by Gasteiger charge is 2.20. The van der Waals surface area contributed by atoms with Gasteiger partial charge in [-0.15, -0.1) is 10.2 Å². The van der Waals surface area contributed by atoms with Crippen molar-refractivity contribution in [3.05, 3.63) is 102 Å². The molecule has 0 radical (unpaired) electrons. The highest BCUT2D eigenvalue weighted by molar-refractivity contribution is 7.98. The minimum absolute atomic E-state index is 0.822. The minimum Gasteiger partial charge on any atom is -0.269 e. The molecule has 5 heteroatoms. The van der Waals surface area contributed by atoms with E-state index in [9.17, 15) is 0 Å². The molecule has 0 amide bonds. The lowest BCUT2D eigenvalue weighted by molar-refractivity contribution is 0.857. The van der Waals surface area contributed by atoms with Crippen molar-refractivity contribution in [2.45, 2.75) is 37.6 Å². The second-order valence-corrected chi connectivity index (χ2v) is 8.88. The molecule has 33 heavy (non-hydrogen) atoms. The van der Waals surface area contributed by atoms with Crippen molar-refractivity contribution < 1.29 is 0 Å². The summed E-state index contributed by atoms with van der Waals surface area (Å²) in [5, 5.41) is 12.8. The Morgan fingerprint density at radius 3 is 2.24 bits per heavy atom. The van der Waals surface area contributed by atoms with Gasteiger partial charge in [-0.2, -0.15) is 0 Å². The van der Waals surface area contributed by atoms with Gasteiger partial charge in [0.15, 0.2) is 11.0 Å². The standard InChI is InChI=1S/C28H26N4S/c1-3-20-11-7-12-21(4-2)26(20)32-27(23-15-9-17-29-18-23)30-31-28(32)33-19-24-14-8-13-22-10-5-6-16-25(22)24/h5-18H,3-4,19H2,1-2H3. The van der Waals surface area contributed by atoms with E-state index in [1.807, 2.05) is 18.3 Å². The Hall–Kier alpha value is -3.44. The maximum atomic E-state index is 4.66. The fourth-order valence-corrected chi connectivity index (χ4v) is 5.25. The van der Waals surface area contributed by atoms with E-state index >= 15 is 0 Å². The number of aryl methyl sites for hydroxylation is 2. The molecule has 0 unspecified atom stereocenters. The van der Waals surface area contributed by atoms with Crippen molar-refractivity contribution in [2.75, 3.05) is 0 Å². The predicted molar refractivity (Wildman–Crippen MR) is 137 cm³/mol. The molecule has 0 saturated heterocycles. The van der Waals surface area contributed by atoms with E-state index in [0.717, 1.165) is 35.1 Å². The number of pyridine rings is 1. The zero-order chi connectivity index (χ0) is 22.6. The van der Waals surface area contributed by atoms with Crippen LogP contribution in [-0.4, -0.2) is 19.7 Å². The zero-order valence-electron chi connectivity index (χ0n) is 18.9. The molecule has 5 rings (SSSR count). The van der Waals surface area contributed by atoms with Crippen molar-refractivity contribution >= 4 is 22.5 Å². The summed E-state index contributed by atoms with van der Waals surface area (Å²) in [5.41, 5.74) is 6.06. The summed E-state index contributed by atoms with van der Waals surface area (Å²) < 4.78 is 2.24. The fourth-order valence-electron chi connectivity index (χ4n) is 4.31. The average molecular weight is 451 g/mol. The third-order valence-electron chi connectivity index (χ3n) is 5.98. The van der Waals surface area contributed by atoms with E-state index in [1.54, 1.807) is 18.0 Å². The molecule has 0 atom stereocenters. The summed E-state index contributed by atoms with van der Waals surface area (Å²) >= 11 is 1.73. The molecule has 0 aliphatic carbocycles. The first kappa shape index (κ1) is 21.4. The highest BCUT2D eigenvalue weighted by atomic mass is 32.2. The van der Waals surface area contributed by atoms with Crippen molar-refractivity contribution in [1.82, 2.24) is 19.7 Å². The number of nitrogens with zero attached hydrogens (tertiary/aromatic N) is 4. The smallest absolute Gasteiger partial charge is 0.196 e. The van der Waals surface area contributed by atoms with Crippen LogP contribution in [-0.2, 0) is 18.6 Å². The van der Waals surface area contributed by atoms with E-state index in [1.165, 1.54) is 33.2 Å². The van der Waals surface area contributed by atoms with Crippen LogP contribution >= 0.6 is 11.8 Å². The van der Waals surface area contributed by atoms with Crippen molar-refractivity contribution in [3.63, 3.8) is 0 Å². The molecular formula is C28H26N4S. The Morgan fingerprint density at radius 1 is 0.758 bits per heavy atom. The molecule has 164 valence electrons. The number of hydrogen-bond donors (Lipinski definition) is 0. The molecule has 0 spiro atoms. The van der Waals surface area contributed by atoms with E-state index < -0.39 is 0 Å². The Kier molecular flexibility index (Phi) is 6.22. The van der Waals surface area contributed by atoms with Crippen molar-refractivity contribution in [1.29, 1.82) is 0 Å². The molecule has 0 aliphatic heterocycles. The maximum absolute atomic E-state index is 4.66. The fraction of sp³-hybridized carbons (Fsp3) is 0.179. The van der Waals surface area contributed by atoms with Gasteiger partial charge in [0.1, 0.15) is 0 Å². The van der Waals surface area contributed by atoms with Gasteiger partial charge in [-0.25, -0.2) is 0 Å². The second kappa shape index (κ2) is 9.59. The summed E-state index contributed by atoms with van der Waals surface area (Å²) in [6.07, 6.45) is 5.54. The van der Waals surface area contributed by atoms with E-state index in [0.29, 0.717) is 0 Å². The van der Waals surface area contributed by atoms with Gasteiger partial charge in [0.25, 0.3) is 0 Å². The molecule has 0 N–H and O–H groups in total. The zero-order valence-corrected chi connectivity index (χ0v) is 19.7. The topological polar surface area (TPSA) is 43.6 Å². The van der Waals surface area contributed by atoms with Crippen LogP contribution in [0.2, 0.25) is 0 Å². The minimum atomic E-state index is 0.822. The summed E-state index contributed by atoms with van der Waals surface area (Å²) in [7, 11) is 0. The predicted octanol–water partition coefficient (Wildman–Crippen LogP) is 6.90. The second-order valence-electron chi connectivity index (χ2n) is 7.94. The Labute approximate surface area is 198 Å². The van der Waals surface area contributed by atoms with Crippen LogP contribution in [0.15, 0.2) is 90.3 Å². The average Bonchev–Trinajstić information content (AvgIpc) is 3.30. The summed E-state index contributed by atoms with van der Waals surface area (Å²) in [6.45, 7) is 4.41. The maximum Gasteiger partial charge on any atom is 0.196 e. The molecule has 2 heterocycles. The van der Waals surface area contributed by atoms with Crippen molar-refractivity contribution in [3.8, 4) is 17.1 Å². The van der Waals surface area contributed by atoms with Crippen molar-refractivity contribution in [2.24, 2.45) is 0 Å². The van der Waals surface area contributed by atoms with Crippen LogP contribution in [0, 0.1) is 0 Å². The van der Waals surface area contributed by atoms with Crippen LogP contribution in [0.4, 0.5) is 0 Å². The number of fused-ring (bicyclic) bond motifs is 1. The van der Waals surface area contributed by atoms with Gasteiger partial charge in [-0.05, 0) is 52.4 Å². The van der Waals surface area contributed by atoms with E-state index in [4.69, 9.17) is 0 Å². The van der Waals surface area contributed by atoms with Gasteiger partial charge >= 0.3 is 0 Å². The summed E-state index contributed by atoms with van der Waals surface area (Å²) in [6, 6.07) is 25.6. The quantitative estimate of drug-likeness (QED) is 0.253. The molecule has 5 aromatic rings. The molecule has 0 fully saturated rings. The van der Waals surface area contributed by atoms with Gasteiger partial charge in [0.05, 0.1) is 5.69 Å². The summed E-state index contributed by atoms with van der Waals surface area (Å²) in [4.78, 5) is 4.33. The summed E-state index contributed by atoms with van der Waals surface area (Å²) in [5.74, 6) is 1.65. The lowest BCUT2D eigenvalue weighted by Gasteiger charge is -2.18. The Morgan fingerprint density at radius 2 is 1.48 bits per heavy atom. The number of thioether (sulfide) groups is 1. The molecule has 4 nitrogen and oxygen atoms in total. The van der Waals surface area contributed by atoms with Crippen LogP contribution < -0.4 is 0 Å². The SMILES string of the molecule is CCc1cccc(CC)c1-n1c(SCc2cccc3ccccc23)nnc1-c1cccnc1. The van der Waals surface area contributed by atoms with Gasteiger partial charge in [-0.3, -0.25) is 9.55 Å². The largest absolute Gasteiger partial charge is 0.269 e. The van der Waals surface area contributed by atoms with Gasteiger partial charge in [-0.1, -0.05) is 86.3 Å². The Balaban J connectivity index is 1.63. The van der Waals surface area contributed by atoms with Crippen LogP contribution in [0.25, 0.3) is 27.8 Å². The van der Waals surface area contributed by atoms with Gasteiger partial charge in [0.2, 0.25) is 0 Å². The lowest BCUT2D eigenvalue weighted by Crippen LogP contribution is -2.07. The molecule has 0 saturated carbocycles. The number of benzene rings is 3. The number of para-hydroxylation sites is 1. The number of rotatable bonds is 7. The van der Waals surface area contributed by atoms with E-state index in [-0.39, 0.29) is 0 Å². The van der Waals surface area contributed by atoms with Crippen LogP contribution in [0.1, 0.15) is 30.5 Å². The first-order chi connectivity index (χ1) is 16.3. The number of aromatic nitrogens is 4. The number of hydrogen-bond acceptors (Lipinski definition) is 4. The lowest BCUT2D eigenvalue weighted by atomic mass is 10.0. The molecule has 0 aliphatic rings. The monoisotopic (exact) mass is 450 g/mol. The van der Waals surface area contributed by atoms with E-state index in [2.05, 4.69) is 94.3 Å². The third kappa shape index (κ3) is 4.16. The van der Waals surface area contributed by atoms with Gasteiger partial charge in [0, 0.05) is 23.7 Å². The van der Waals surface area contributed by atoms with Gasteiger partial charge < -0.3 is 0 Å². The first-order valence-electron chi connectivity index (χ1n) is 11.4. The third-order valence-corrected chi connectivity index (χ3v) is 6.96. The normalized spacial score (nSPS) is 11.2. The molecule has 2 aromatic heterocycles.